The van der Waals surface area contributed by atoms with E-state index in [1.165, 1.54) is 0 Å². The Hall–Kier alpha value is -3.19. The lowest BCUT2D eigenvalue weighted by molar-refractivity contribution is 0.174. The molecule has 0 saturated carbocycles. The van der Waals surface area contributed by atoms with Crippen LogP contribution < -0.4 is 19.5 Å². The van der Waals surface area contributed by atoms with Gasteiger partial charge in [0.25, 0.3) is 10.0 Å². The van der Waals surface area contributed by atoms with Crippen LogP contribution in [0.25, 0.3) is 0 Å². The Morgan fingerprint density at radius 1 is 0.815 bits per heavy atom. The molecule has 1 aliphatic heterocycles. The van der Waals surface area contributed by atoms with Gasteiger partial charge in [0, 0.05) is 23.1 Å². The predicted octanol–water partition coefficient (Wildman–Crippen LogP) is 4.27. The smallest absolute Gasteiger partial charge is 0.262 e. The molecule has 1 aliphatic rings. The molecule has 0 radical (unpaired) electrons. The van der Waals surface area contributed by atoms with Gasteiger partial charge >= 0.3 is 0 Å². The summed E-state index contributed by atoms with van der Waals surface area (Å²) in [5, 5.41) is 3.25. The van der Waals surface area contributed by atoms with Crippen LogP contribution in [0, 0.1) is 6.92 Å². The van der Waals surface area contributed by atoms with E-state index in [0.29, 0.717) is 17.0 Å². The van der Waals surface area contributed by atoms with Gasteiger partial charge in [-0.25, -0.2) is 8.42 Å². The summed E-state index contributed by atoms with van der Waals surface area (Å²) in [6.07, 6.45) is 0. The SMILES string of the molecule is Cc1ccccc1S(=O)(=O)Nc1ccc(Nc2ccc3c(c2)OCO3)cc1. The standard InChI is InChI=1S/C20H18N2O4S/c1-14-4-2-3-5-20(14)27(23,24)22-16-8-6-15(7-9-16)21-17-10-11-18-19(12-17)26-13-25-18/h2-12,21-22H,13H2,1H3. The monoisotopic (exact) mass is 382 g/mol. The van der Waals surface area contributed by atoms with Crippen molar-refractivity contribution in [2.75, 3.05) is 16.8 Å². The topological polar surface area (TPSA) is 76.7 Å². The Labute approximate surface area is 157 Å². The molecule has 2 N–H and O–H groups in total. The van der Waals surface area contributed by atoms with Gasteiger partial charge in [0.1, 0.15) is 0 Å². The van der Waals surface area contributed by atoms with Gasteiger partial charge in [-0.2, -0.15) is 0 Å². The zero-order valence-corrected chi connectivity index (χ0v) is 15.4. The molecule has 0 aliphatic carbocycles. The maximum Gasteiger partial charge on any atom is 0.262 e. The first-order valence-corrected chi connectivity index (χ1v) is 9.85. The molecule has 0 unspecified atom stereocenters. The highest BCUT2D eigenvalue weighted by atomic mass is 32.2. The molecular weight excluding hydrogens is 364 g/mol. The van der Waals surface area contributed by atoms with Gasteiger partial charge < -0.3 is 14.8 Å². The number of hydrogen-bond acceptors (Lipinski definition) is 5. The van der Waals surface area contributed by atoms with Crippen LogP contribution in [-0.4, -0.2) is 15.2 Å². The molecule has 27 heavy (non-hydrogen) atoms. The largest absolute Gasteiger partial charge is 0.454 e. The lowest BCUT2D eigenvalue weighted by atomic mass is 10.2. The zero-order valence-electron chi connectivity index (χ0n) is 14.6. The second-order valence-corrected chi connectivity index (χ2v) is 7.79. The number of benzene rings is 3. The fourth-order valence-corrected chi connectivity index (χ4v) is 4.14. The third kappa shape index (κ3) is 3.68. The van der Waals surface area contributed by atoms with E-state index < -0.39 is 10.0 Å². The first-order valence-electron chi connectivity index (χ1n) is 8.36. The van der Waals surface area contributed by atoms with Crippen LogP contribution in [0.2, 0.25) is 0 Å². The minimum atomic E-state index is -3.62. The summed E-state index contributed by atoms with van der Waals surface area (Å²) in [6, 6.07) is 19.5. The average Bonchev–Trinajstić information content (AvgIpc) is 3.11. The lowest BCUT2D eigenvalue weighted by Gasteiger charge is -2.11. The number of aryl methyl sites for hydroxylation is 1. The van der Waals surface area contributed by atoms with Gasteiger partial charge in [0.05, 0.1) is 4.90 Å². The molecule has 3 aromatic carbocycles. The molecule has 0 spiro atoms. The Morgan fingerprint density at radius 3 is 2.26 bits per heavy atom. The second kappa shape index (κ2) is 6.85. The molecule has 4 rings (SSSR count). The van der Waals surface area contributed by atoms with Crippen molar-refractivity contribution in [1.29, 1.82) is 0 Å². The van der Waals surface area contributed by atoms with Gasteiger partial charge in [-0.15, -0.1) is 0 Å². The quantitative estimate of drug-likeness (QED) is 0.689. The second-order valence-electron chi connectivity index (χ2n) is 6.14. The van der Waals surface area contributed by atoms with Crippen LogP contribution in [0.1, 0.15) is 5.56 Å². The molecule has 0 aromatic heterocycles. The summed E-state index contributed by atoms with van der Waals surface area (Å²) in [7, 11) is -3.62. The van der Waals surface area contributed by atoms with Crippen LogP contribution in [0.4, 0.5) is 17.1 Å². The number of anilines is 3. The fourth-order valence-electron chi connectivity index (χ4n) is 2.83. The van der Waals surface area contributed by atoms with Crippen molar-refractivity contribution in [2.45, 2.75) is 11.8 Å². The van der Waals surface area contributed by atoms with Crippen LogP contribution >= 0.6 is 0 Å². The van der Waals surface area contributed by atoms with E-state index >= 15 is 0 Å². The summed E-state index contributed by atoms with van der Waals surface area (Å²) < 4.78 is 38.4. The molecule has 0 atom stereocenters. The summed E-state index contributed by atoms with van der Waals surface area (Å²) >= 11 is 0. The Bertz CT molecular complexity index is 1080. The molecule has 0 amide bonds. The highest BCUT2D eigenvalue weighted by Crippen LogP contribution is 2.35. The lowest BCUT2D eigenvalue weighted by Crippen LogP contribution is -2.14. The van der Waals surface area contributed by atoms with Crippen molar-refractivity contribution in [3.05, 3.63) is 72.3 Å². The van der Waals surface area contributed by atoms with Gasteiger partial charge in [-0.3, -0.25) is 4.72 Å². The number of ether oxygens (including phenoxy) is 2. The summed E-state index contributed by atoms with van der Waals surface area (Å²) in [5.74, 6) is 1.42. The van der Waals surface area contributed by atoms with E-state index in [2.05, 4.69) is 10.0 Å². The predicted molar refractivity (Wildman–Crippen MR) is 104 cm³/mol. The normalized spacial score (nSPS) is 12.6. The maximum absolute atomic E-state index is 12.6. The maximum atomic E-state index is 12.6. The van der Waals surface area contributed by atoms with Crippen molar-refractivity contribution < 1.29 is 17.9 Å². The van der Waals surface area contributed by atoms with Crippen molar-refractivity contribution in [1.82, 2.24) is 0 Å². The molecule has 0 fully saturated rings. The third-order valence-corrected chi connectivity index (χ3v) is 5.72. The Balaban J connectivity index is 1.48. The van der Waals surface area contributed by atoms with E-state index in [1.54, 1.807) is 49.4 Å². The average molecular weight is 382 g/mol. The molecule has 0 bridgehead atoms. The van der Waals surface area contributed by atoms with Crippen molar-refractivity contribution in [2.24, 2.45) is 0 Å². The third-order valence-electron chi connectivity index (χ3n) is 4.18. The van der Waals surface area contributed by atoms with Crippen molar-refractivity contribution in [3.63, 3.8) is 0 Å². The van der Waals surface area contributed by atoms with Crippen molar-refractivity contribution in [3.8, 4) is 11.5 Å². The minimum absolute atomic E-state index is 0.231. The Kier molecular flexibility index (Phi) is 4.37. The van der Waals surface area contributed by atoms with E-state index in [4.69, 9.17) is 9.47 Å². The van der Waals surface area contributed by atoms with Crippen molar-refractivity contribution >= 4 is 27.1 Å². The number of hydrogen-bond donors (Lipinski definition) is 2. The molecule has 7 heteroatoms. The van der Waals surface area contributed by atoms with Gasteiger partial charge in [0.2, 0.25) is 6.79 Å². The van der Waals surface area contributed by atoms with E-state index in [9.17, 15) is 8.42 Å². The zero-order chi connectivity index (χ0) is 18.9. The highest BCUT2D eigenvalue weighted by molar-refractivity contribution is 7.92. The van der Waals surface area contributed by atoms with Crippen LogP contribution in [-0.2, 0) is 10.0 Å². The van der Waals surface area contributed by atoms with Gasteiger partial charge in [-0.1, -0.05) is 18.2 Å². The van der Waals surface area contributed by atoms with Crippen LogP contribution in [0.15, 0.2) is 71.6 Å². The van der Waals surface area contributed by atoms with E-state index in [0.717, 1.165) is 17.1 Å². The molecule has 0 saturated heterocycles. The molecule has 3 aromatic rings. The molecule has 1 heterocycles. The van der Waals surface area contributed by atoms with Gasteiger partial charge in [0.15, 0.2) is 11.5 Å². The summed E-state index contributed by atoms with van der Waals surface area (Å²) in [5.41, 5.74) is 2.88. The fraction of sp³-hybridized carbons (Fsp3) is 0.100. The van der Waals surface area contributed by atoms with E-state index in [-0.39, 0.29) is 11.7 Å². The highest BCUT2D eigenvalue weighted by Gasteiger charge is 2.16. The summed E-state index contributed by atoms with van der Waals surface area (Å²) in [6.45, 7) is 2.00. The van der Waals surface area contributed by atoms with E-state index in [1.807, 2.05) is 24.3 Å². The van der Waals surface area contributed by atoms with Crippen LogP contribution in [0.5, 0.6) is 11.5 Å². The van der Waals surface area contributed by atoms with Crippen LogP contribution in [0.3, 0.4) is 0 Å². The first-order chi connectivity index (χ1) is 13.0. The summed E-state index contributed by atoms with van der Waals surface area (Å²) in [4.78, 5) is 0.271. The minimum Gasteiger partial charge on any atom is -0.454 e. The van der Waals surface area contributed by atoms with Gasteiger partial charge in [-0.05, 0) is 55.0 Å². The number of nitrogens with one attached hydrogen (secondary N) is 2. The number of rotatable bonds is 5. The molecular formula is C20H18N2O4S. The molecule has 6 nitrogen and oxygen atoms in total. The first kappa shape index (κ1) is 17.2. The number of sulfonamides is 1. The Morgan fingerprint density at radius 2 is 1.48 bits per heavy atom. The number of fused-ring (bicyclic) bond motifs is 1. The molecule has 138 valence electrons.